The lowest BCUT2D eigenvalue weighted by molar-refractivity contribution is -0.395. The van der Waals surface area contributed by atoms with Crippen LogP contribution in [-0.4, -0.2) is 51.1 Å². The number of nitro groups is 2. The van der Waals surface area contributed by atoms with Crippen LogP contribution in [0.4, 0.5) is 17.2 Å². The molecule has 0 radical (unpaired) electrons. The van der Waals surface area contributed by atoms with Crippen molar-refractivity contribution in [3.05, 3.63) is 67.8 Å². The minimum absolute atomic E-state index is 0.114. The number of aryl methyl sites for hydroxylation is 2. The van der Waals surface area contributed by atoms with Crippen LogP contribution in [-0.2, 0) is 10.0 Å². The number of nitro benzene ring substituents is 2. The van der Waals surface area contributed by atoms with E-state index in [0.717, 1.165) is 23.5 Å². The molecule has 3 aromatic rings. The lowest BCUT2D eigenvalue weighted by Gasteiger charge is -2.10. The van der Waals surface area contributed by atoms with Gasteiger partial charge >= 0.3 is 0 Å². The first kappa shape index (κ1) is 23.7. The van der Waals surface area contributed by atoms with E-state index in [4.69, 9.17) is 0 Å². The molecule has 2 aromatic heterocycles. The average Bonchev–Trinajstić information content (AvgIpc) is 3.09. The highest BCUT2D eigenvalue weighted by Gasteiger charge is 2.27. The molecular formula is C18H20N8O6S. The maximum Gasteiger partial charge on any atom is 0.280 e. The maximum absolute atomic E-state index is 12.6. The fraction of sp³-hybridized carbons (Fsp3) is 0.278. The minimum atomic E-state index is -4.24. The van der Waals surface area contributed by atoms with E-state index in [1.807, 2.05) is 19.9 Å². The van der Waals surface area contributed by atoms with Crippen LogP contribution in [0.5, 0.6) is 0 Å². The topological polar surface area (TPSA) is 188 Å². The Morgan fingerprint density at radius 2 is 1.61 bits per heavy atom. The molecule has 0 atom stereocenters. The summed E-state index contributed by atoms with van der Waals surface area (Å²) in [5, 5.41) is 29.6. The Hall–Kier alpha value is -3.98. The number of hydrogen-bond acceptors (Lipinski definition) is 10. The summed E-state index contributed by atoms with van der Waals surface area (Å²) in [6.45, 7) is 4.92. The summed E-state index contributed by atoms with van der Waals surface area (Å²) in [5.74, 6) is 0.950. The molecule has 14 nitrogen and oxygen atoms in total. The maximum atomic E-state index is 12.6. The molecule has 0 fully saturated rings. The molecule has 0 spiro atoms. The van der Waals surface area contributed by atoms with Crippen molar-refractivity contribution in [2.45, 2.75) is 25.7 Å². The molecule has 0 aliphatic heterocycles. The molecular weight excluding hydrogens is 456 g/mol. The Morgan fingerprint density at radius 1 is 0.970 bits per heavy atom. The third kappa shape index (κ3) is 5.27. The fourth-order valence-electron chi connectivity index (χ4n) is 3.07. The third-order valence-corrected chi connectivity index (χ3v) is 6.07. The van der Waals surface area contributed by atoms with Crippen molar-refractivity contribution in [1.29, 1.82) is 0 Å². The molecule has 2 heterocycles. The van der Waals surface area contributed by atoms with E-state index in [9.17, 15) is 28.6 Å². The van der Waals surface area contributed by atoms with E-state index in [1.54, 1.807) is 10.7 Å². The van der Waals surface area contributed by atoms with Crippen molar-refractivity contribution in [3.8, 4) is 5.82 Å². The normalized spacial score (nSPS) is 11.4. The quantitative estimate of drug-likeness (QED) is 0.262. The molecule has 0 saturated carbocycles. The summed E-state index contributed by atoms with van der Waals surface area (Å²) >= 11 is 0. The van der Waals surface area contributed by atoms with Gasteiger partial charge in [-0.25, -0.2) is 27.8 Å². The molecule has 0 aliphatic rings. The molecule has 0 aliphatic carbocycles. The van der Waals surface area contributed by atoms with Crippen LogP contribution in [0.3, 0.4) is 0 Å². The molecule has 3 rings (SSSR count). The molecule has 2 N–H and O–H groups in total. The van der Waals surface area contributed by atoms with E-state index in [1.165, 1.54) is 13.3 Å². The highest BCUT2D eigenvalue weighted by molar-refractivity contribution is 7.89. The van der Waals surface area contributed by atoms with E-state index >= 15 is 0 Å². The first-order valence-corrected chi connectivity index (χ1v) is 11.0. The third-order valence-electron chi connectivity index (χ3n) is 4.63. The summed E-state index contributed by atoms with van der Waals surface area (Å²) in [4.78, 5) is 28.3. The van der Waals surface area contributed by atoms with Gasteiger partial charge in [-0.15, -0.1) is 0 Å². The second-order valence-corrected chi connectivity index (χ2v) is 8.79. The van der Waals surface area contributed by atoms with Gasteiger partial charge in [0.25, 0.3) is 11.4 Å². The predicted molar refractivity (Wildman–Crippen MR) is 117 cm³/mol. The first-order chi connectivity index (χ1) is 15.5. The SMILES string of the molecule is Cc1cc(C)n(-c2cc(NCCNS(=O)(=O)c3cc([N+](=O)[O-])c(C)c([N+](=O)[O-])c3)ncn2)n1. The van der Waals surface area contributed by atoms with Crippen molar-refractivity contribution in [2.75, 3.05) is 18.4 Å². The van der Waals surface area contributed by atoms with Gasteiger partial charge in [0.15, 0.2) is 5.82 Å². The summed E-state index contributed by atoms with van der Waals surface area (Å²) in [5.41, 5.74) is 0.173. The van der Waals surface area contributed by atoms with Crippen molar-refractivity contribution >= 4 is 27.2 Å². The molecule has 0 saturated heterocycles. The molecule has 33 heavy (non-hydrogen) atoms. The summed E-state index contributed by atoms with van der Waals surface area (Å²) in [6, 6.07) is 5.12. The predicted octanol–water partition coefficient (Wildman–Crippen LogP) is 1.79. The smallest absolute Gasteiger partial charge is 0.280 e. The van der Waals surface area contributed by atoms with Crippen LogP contribution < -0.4 is 10.0 Å². The number of benzene rings is 1. The van der Waals surface area contributed by atoms with Crippen LogP contribution in [0.1, 0.15) is 17.0 Å². The Balaban J connectivity index is 1.70. The number of sulfonamides is 1. The molecule has 0 bridgehead atoms. The van der Waals surface area contributed by atoms with Crippen LogP contribution in [0, 0.1) is 41.0 Å². The largest absolute Gasteiger partial charge is 0.369 e. The Labute approximate surface area is 188 Å². The van der Waals surface area contributed by atoms with Gasteiger partial charge in [-0.1, -0.05) is 0 Å². The van der Waals surface area contributed by atoms with Crippen molar-refractivity contribution < 1.29 is 18.3 Å². The fourth-order valence-corrected chi connectivity index (χ4v) is 4.14. The van der Waals surface area contributed by atoms with Crippen LogP contribution in [0.2, 0.25) is 0 Å². The van der Waals surface area contributed by atoms with Crippen molar-refractivity contribution in [2.24, 2.45) is 0 Å². The highest BCUT2D eigenvalue weighted by Crippen LogP contribution is 2.31. The zero-order chi connectivity index (χ0) is 24.3. The molecule has 1 aromatic carbocycles. The van der Waals surface area contributed by atoms with Gasteiger partial charge in [0.05, 0.1) is 20.4 Å². The van der Waals surface area contributed by atoms with Crippen LogP contribution >= 0.6 is 0 Å². The lowest BCUT2D eigenvalue weighted by Crippen LogP contribution is -2.29. The number of anilines is 1. The first-order valence-electron chi connectivity index (χ1n) is 9.52. The number of nitrogens with one attached hydrogen (secondary N) is 2. The Morgan fingerprint density at radius 3 is 2.15 bits per heavy atom. The van der Waals surface area contributed by atoms with E-state index in [0.29, 0.717) is 11.6 Å². The van der Waals surface area contributed by atoms with E-state index in [-0.39, 0.29) is 18.7 Å². The zero-order valence-corrected chi connectivity index (χ0v) is 18.7. The van der Waals surface area contributed by atoms with E-state index < -0.39 is 36.1 Å². The monoisotopic (exact) mass is 476 g/mol. The van der Waals surface area contributed by atoms with Gasteiger partial charge in [0, 0.05) is 37.0 Å². The summed E-state index contributed by atoms with van der Waals surface area (Å²) in [6.07, 6.45) is 1.34. The summed E-state index contributed by atoms with van der Waals surface area (Å²) in [7, 11) is -4.24. The molecule has 174 valence electrons. The number of nitrogens with zero attached hydrogens (tertiary/aromatic N) is 6. The second-order valence-electron chi connectivity index (χ2n) is 7.03. The second kappa shape index (κ2) is 9.25. The number of aromatic nitrogens is 4. The number of hydrogen-bond donors (Lipinski definition) is 2. The van der Waals surface area contributed by atoms with Gasteiger partial charge in [0.2, 0.25) is 10.0 Å². The van der Waals surface area contributed by atoms with Gasteiger partial charge in [-0.2, -0.15) is 5.10 Å². The van der Waals surface area contributed by atoms with Gasteiger partial charge in [-0.3, -0.25) is 20.2 Å². The minimum Gasteiger partial charge on any atom is -0.369 e. The lowest BCUT2D eigenvalue weighted by atomic mass is 10.1. The van der Waals surface area contributed by atoms with Gasteiger partial charge in [-0.05, 0) is 26.8 Å². The summed E-state index contributed by atoms with van der Waals surface area (Å²) < 4.78 is 29.0. The highest BCUT2D eigenvalue weighted by atomic mass is 32.2. The van der Waals surface area contributed by atoms with Crippen molar-refractivity contribution in [1.82, 2.24) is 24.5 Å². The molecule has 0 unspecified atom stereocenters. The molecule has 0 amide bonds. The zero-order valence-electron chi connectivity index (χ0n) is 17.8. The average molecular weight is 476 g/mol. The van der Waals surface area contributed by atoms with Gasteiger partial charge in [0.1, 0.15) is 17.7 Å². The van der Waals surface area contributed by atoms with Crippen LogP contribution in [0.25, 0.3) is 5.82 Å². The number of rotatable bonds is 9. The standard InChI is InChI=1S/C18H20N8O6S/c1-11-6-12(2)24(23-11)18-9-17(20-10-21-18)19-4-5-22-33(31,32)14-7-15(25(27)28)13(3)16(8-14)26(29)30/h6-10,22H,4-5H2,1-3H3,(H,19,20,21). The Kier molecular flexibility index (Phi) is 6.64. The van der Waals surface area contributed by atoms with Gasteiger partial charge < -0.3 is 5.32 Å². The van der Waals surface area contributed by atoms with Crippen LogP contribution in [0.15, 0.2) is 35.5 Å². The van der Waals surface area contributed by atoms with E-state index in [2.05, 4.69) is 25.1 Å². The Bertz CT molecular complexity index is 1300. The molecule has 15 heteroatoms. The van der Waals surface area contributed by atoms with Crippen molar-refractivity contribution in [3.63, 3.8) is 0 Å².